The number of hydrogen-bond acceptors (Lipinski definition) is 13. The fourth-order valence-electron chi connectivity index (χ4n) is 2.42. The molecule has 0 aliphatic carbocycles. The van der Waals surface area contributed by atoms with Crippen molar-refractivity contribution in [2.75, 3.05) is 146 Å². The van der Waals surface area contributed by atoms with Crippen LogP contribution in [0, 0.1) is 0 Å². The predicted molar refractivity (Wildman–Crippen MR) is 134 cm³/mol. The first-order chi connectivity index (χ1) is 18.3. The molecule has 0 rings (SSSR count). The van der Waals surface area contributed by atoms with Crippen LogP contribution in [0.2, 0.25) is 0 Å². The average molecular weight is 544 g/mol. The van der Waals surface area contributed by atoms with Crippen molar-refractivity contribution >= 4 is 5.97 Å². The van der Waals surface area contributed by atoms with Crippen LogP contribution < -0.4 is 5.73 Å². The van der Waals surface area contributed by atoms with E-state index in [1.165, 1.54) is 7.11 Å². The van der Waals surface area contributed by atoms with Gasteiger partial charge in [-0.15, -0.1) is 0 Å². The molecule has 0 heterocycles. The van der Waals surface area contributed by atoms with E-state index in [4.69, 9.17) is 53.1 Å². The second kappa shape index (κ2) is 33.1. The molecular weight excluding hydrogens is 494 g/mol. The zero-order chi connectivity index (χ0) is 26.9. The van der Waals surface area contributed by atoms with Gasteiger partial charge in [0.25, 0.3) is 0 Å². The van der Waals surface area contributed by atoms with Crippen LogP contribution in [-0.4, -0.2) is 152 Å². The molecule has 2 N–H and O–H groups in total. The molecule has 0 saturated heterocycles. The van der Waals surface area contributed by atoms with Gasteiger partial charge in [-0.25, -0.2) is 0 Å². The second-order valence-corrected chi connectivity index (χ2v) is 7.24. The Hall–Kier alpha value is -0.970. The number of nitrogens with two attached hydrogens (primary N) is 1. The maximum absolute atomic E-state index is 10.9. The number of carbonyl (C=O) groups excluding carboxylic acids is 1. The van der Waals surface area contributed by atoms with Gasteiger partial charge >= 0.3 is 5.97 Å². The molecule has 0 aliphatic heterocycles. The zero-order valence-electron chi connectivity index (χ0n) is 22.5. The van der Waals surface area contributed by atoms with Crippen LogP contribution in [0.25, 0.3) is 0 Å². The molecule has 0 aromatic rings. The molecule has 222 valence electrons. The Kier molecular flexibility index (Phi) is 32.2. The molecule has 0 bridgehead atoms. The highest BCUT2D eigenvalue weighted by molar-refractivity contribution is 5.69. The molecule has 0 spiro atoms. The summed E-state index contributed by atoms with van der Waals surface area (Å²) in [5.74, 6) is -0.285. The van der Waals surface area contributed by atoms with Crippen molar-refractivity contribution in [3.8, 4) is 0 Å². The van der Waals surface area contributed by atoms with E-state index in [1.807, 2.05) is 0 Å². The van der Waals surface area contributed by atoms with Gasteiger partial charge in [-0.05, 0) is 0 Å². The smallest absolute Gasteiger partial charge is 0.307 e. The summed E-state index contributed by atoms with van der Waals surface area (Å²) in [6, 6.07) is 0. The Labute approximate surface area is 221 Å². The van der Waals surface area contributed by atoms with Crippen LogP contribution >= 0.6 is 0 Å². The zero-order valence-corrected chi connectivity index (χ0v) is 22.5. The monoisotopic (exact) mass is 543 g/mol. The van der Waals surface area contributed by atoms with E-state index in [0.717, 1.165) is 0 Å². The van der Waals surface area contributed by atoms with Gasteiger partial charge in [-0.2, -0.15) is 0 Å². The van der Waals surface area contributed by atoms with Crippen molar-refractivity contribution in [1.82, 2.24) is 0 Å². The van der Waals surface area contributed by atoms with Gasteiger partial charge in [0.05, 0.1) is 146 Å². The van der Waals surface area contributed by atoms with Gasteiger partial charge in [0, 0.05) is 6.54 Å². The third-order valence-corrected chi connectivity index (χ3v) is 4.29. The first-order valence-corrected chi connectivity index (χ1v) is 12.9. The molecule has 0 unspecified atom stereocenters. The normalized spacial score (nSPS) is 11.3. The largest absolute Gasteiger partial charge is 0.469 e. The molecule has 0 atom stereocenters. The fourth-order valence-corrected chi connectivity index (χ4v) is 2.42. The lowest BCUT2D eigenvalue weighted by molar-refractivity contribution is -0.141. The maximum atomic E-state index is 10.9. The summed E-state index contributed by atoms with van der Waals surface area (Å²) in [4.78, 5) is 10.9. The average Bonchev–Trinajstić information content (AvgIpc) is 2.91. The van der Waals surface area contributed by atoms with Gasteiger partial charge in [0.2, 0.25) is 0 Å². The minimum atomic E-state index is -0.285. The van der Waals surface area contributed by atoms with Gasteiger partial charge in [-0.3, -0.25) is 4.79 Å². The van der Waals surface area contributed by atoms with Gasteiger partial charge < -0.3 is 57.8 Å². The third-order valence-electron chi connectivity index (χ3n) is 4.29. The topological polar surface area (TPSA) is 145 Å². The van der Waals surface area contributed by atoms with Crippen molar-refractivity contribution in [3.05, 3.63) is 0 Å². The molecule has 0 aromatic carbocycles. The number of ether oxygens (including phenoxy) is 11. The lowest BCUT2D eigenvalue weighted by Gasteiger charge is -2.09. The summed E-state index contributed by atoms with van der Waals surface area (Å²) < 4.78 is 58.2. The van der Waals surface area contributed by atoms with E-state index in [1.54, 1.807) is 0 Å². The molecule has 0 fully saturated rings. The van der Waals surface area contributed by atoms with Crippen LogP contribution in [0.3, 0.4) is 0 Å². The number of rotatable bonds is 32. The molecule has 13 heteroatoms. The summed E-state index contributed by atoms with van der Waals surface area (Å²) in [6.45, 7) is 10.5. The fraction of sp³-hybridized carbons (Fsp3) is 0.958. The number of esters is 1. The van der Waals surface area contributed by atoms with E-state index in [2.05, 4.69) is 4.74 Å². The predicted octanol–water partition coefficient (Wildman–Crippen LogP) is -0.326. The molecule has 37 heavy (non-hydrogen) atoms. The van der Waals surface area contributed by atoms with E-state index < -0.39 is 0 Å². The molecule has 0 amide bonds. The molecule has 0 radical (unpaired) electrons. The third kappa shape index (κ3) is 33.0. The van der Waals surface area contributed by atoms with Crippen LogP contribution in [0.5, 0.6) is 0 Å². The lowest BCUT2D eigenvalue weighted by Crippen LogP contribution is -2.15. The van der Waals surface area contributed by atoms with Crippen LogP contribution in [0.1, 0.15) is 6.42 Å². The van der Waals surface area contributed by atoms with Gasteiger partial charge in [-0.1, -0.05) is 0 Å². The van der Waals surface area contributed by atoms with E-state index >= 15 is 0 Å². The van der Waals surface area contributed by atoms with Crippen molar-refractivity contribution in [2.24, 2.45) is 5.73 Å². The number of methoxy groups -OCH3 is 1. The van der Waals surface area contributed by atoms with Crippen molar-refractivity contribution in [1.29, 1.82) is 0 Å². The SMILES string of the molecule is COC(=O)CCOCCOCCOCCOCCOCCOCCOCCOCCOCCOCCN. The summed E-state index contributed by atoms with van der Waals surface area (Å²) in [5, 5.41) is 0. The van der Waals surface area contributed by atoms with Gasteiger partial charge in [0.15, 0.2) is 0 Å². The lowest BCUT2D eigenvalue weighted by atomic mass is 10.5. The van der Waals surface area contributed by atoms with Crippen LogP contribution in [0.15, 0.2) is 0 Å². The van der Waals surface area contributed by atoms with Gasteiger partial charge in [0.1, 0.15) is 0 Å². The molecule has 0 aliphatic rings. The standard InChI is InChI=1S/C24H49NO12/c1-27-24(26)2-4-28-6-8-30-10-12-32-14-16-34-18-20-36-22-23-37-21-19-35-17-15-33-13-11-31-9-7-29-5-3-25/h2-23,25H2,1H3. The Morgan fingerprint density at radius 2 is 0.622 bits per heavy atom. The number of hydrogen-bond donors (Lipinski definition) is 1. The van der Waals surface area contributed by atoms with E-state index in [-0.39, 0.29) is 12.4 Å². The van der Waals surface area contributed by atoms with Crippen LogP contribution in [-0.2, 0) is 56.9 Å². The Bertz CT molecular complexity index is 448. The van der Waals surface area contributed by atoms with Crippen molar-refractivity contribution in [2.45, 2.75) is 6.42 Å². The summed E-state index contributed by atoms with van der Waals surface area (Å²) in [7, 11) is 1.35. The highest BCUT2D eigenvalue weighted by Gasteiger charge is 1.99. The van der Waals surface area contributed by atoms with Crippen molar-refractivity contribution < 1.29 is 56.9 Å². The maximum Gasteiger partial charge on any atom is 0.307 e. The highest BCUT2D eigenvalue weighted by atomic mass is 16.6. The minimum Gasteiger partial charge on any atom is -0.469 e. The Morgan fingerprint density at radius 1 is 0.405 bits per heavy atom. The number of carbonyl (C=O) groups is 1. The van der Waals surface area contributed by atoms with Crippen LogP contribution in [0.4, 0.5) is 0 Å². The van der Waals surface area contributed by atoms with E-state index in [0.29, 0.717) is 139 Å². The molecule has 0 aromatic heterocycles. The summed E-state index contributed by atoms with van der Waals surface area (Å²) in [5.41, 5.74) is 5.32. The molecule has 13 nitrogen and oxygen atoms in total. The highest BCUT2D eigenvalue weighted by Crippen LogP contribution is 1.88. The molecular formula is C24H49NO12. The second-order valence-electron chi connectivity index (χ2n) is 7.24. The Balaban J connectivity index is 3.03. The molecule has 0 saturated carbocycles. The first kappa shape index (κ1) is 36.0. The minimum absolute atomic E-state index is 0.247. The summed E-state index contributed by atoms with van der Waals surface area (Å²) >= 11 is 0. The van der Waals surface area contributed by atoms with E-state index in [9.17, 15) is 4.79 Å². The summed E-state index contributed by atoms with van der Waals surface area (Å²) in [6.07, 6.45) is 0.247. The quantitative estimate of drug-likeness (QED) is 0.0874. The van der Waals surface area contributed by atoms with Crippen molar-refractivity contribution in [3.63, 3.8) is 0 Å². The first-order valence-electron chi connectivity index (χ1n) is 12.9. The Morgan fingerprint density at radius 3 is 0.838 bits per heavy atom.